The Balaban J connectivity index is 0. The van der Waals surface area contributed by atoms with Crippen molar-refractivity contribution in [1.82, 2.24) is 5.12 Å². The molecule has 0 bridgehead atoms. The van der Waals surface area contributed by atoms with Crippen LogP contribution in [0.3, 0.4) is 0 Å². The third kappa shape index (κ3) is 6.00. The predicted molar refractivity (Wildman–Crippen MR) is 52.6 cm³/mol. The zero-order valence-electron chi connectivity index (χ0n) is 11.8. The lowest BCUT2D eigenvalue weighted by Crippen LogP contribution is -2.64. The first-order chi connectivity index (χ1) is 10.9. The quantitative estimate of drug-likeness (QED) is 0.323. The molecule has 0 aromatic rings. The van der Waals surface area contributed by atoms with E-state index in [0.29, 0.717) is 0 Å². The number of nitrogens with zero attached hydrogens (tertiary/aromatic N) is 1. The Hall–Kier alpha value is -1.06. The standard InChI is InChI=1S/C6H5F10NO.C3H4F4/c1-18-6(14,15)4(10,11)5(12,13)17(16)3(8,9)2-7;4-1-3(6,7)2-5/h2H2,1H3;1-2H2. The smallest absolute Gasteiger partial charge is 0.319 e. The van der Waals surface area contributed by atoms with Gasteiger partial charge in [-0.1, -0.05) is 0 Å². The van der Waals surface area contributed by atoms with Gasteiger partial charge in [-0.25, -0.2) is 22.0 Å². The molecule has 0 fully saturated rings. The van der Waals surface area contributed by atoms with Crippen molar-refractivity contribution >= 4 is 0 Å². The third-order valence-electron chi connectivity index (χ3n) is 2.09. The average Bonchev–Trinajstić information content (AvgIpc) is 2.54. The molecule has 0 aliphatic rings. The Bertz CT molecular complexity index is 394. The summed E-state index contributed by atoms with van der Waals surface area (Å²) in [5.74, 6) is -10.4. The Morgan fingerprint density at radius 2 is 1.08 bits per heavy atom. The van der Waals surface area contributed by atoms with E-state index < -0.39 is 55.2 Å². The minimum absolute atomic E-state index is 0.139. The molecule has 25 heavy (non-hydrogen) atoms. The number of halogens is 14. The van der Waals surface area contributed by atoms with Gasteiger partial charge in [0, 0.05) is 7.11 Å². The van der Waals surface area contributed by atoms with Crippen LogP contribution in [0.4, 0.5) is 61.6 Å². The van der Waals surface area contributed by atoms with Crippen molar-refractivity contribution in [2.45, 2.75) is 30.0 Å². The minimum Gasteiger partial charge on any atom is -0.319 e. The van der Waals surface area contributed by atoms with Crippen molar-refractivity contribution in [2.75, 3.05) is 27.1 Å². The highest BCUT2D eigenvalue weighted by molar-refractivity contribution is 4.91. The van der Waals surface area contributed by atoms with Crippen LogP contribution >= 0.6 is 0 Å². The molecule has 154 valence electrons. The fourth-order valence-corrected chi connectivity index (χ4v) is 0.720. The molecule has 0 radical (unpaired) electrons. The van der Waals surface area contributed by atoms with E-state index in [1.54, 1.807) is 0 Å². The Morgan fingerprint density at radius 1 is 0.720 bits per heavy atom. The molecular weight excluding hydrogens is 404 g/mol. The van der Waals surface area contributed by atoms with Crippen LogP contribution in [0.1, 0.15) is 0 Å². The molecule has 0 saturated carbocycles. The summed E-state index contributed by atoms with van der Waals surface area (Å²) in [6.45, 7) is -6.96. The minimum atomic E-state index is -6.71. The van der Waals surface area contributed by atoms with Crippen molar-refractivity contribution in [3.05, 3.63) is 0 Å². The van der Waals surface area contributed by atoms with Crippen molar-refractivity contribution in [3.63, 3.8) is 0 Å². The maximum Gasteiger partial charge on any atom is 0.427 e. The van der Waals surface area contributed by atoms with Crippen molar-refractivity contribution in [2.24, 2.45) is 0 Å². The molecule has 0 rings (SSSR count). The maximum atomic E-state index is 12.6. The maximum absolute atomic E-state index is 12.6. The molecule has 0 aromatic heterocycles. The summed E-state index contributed by atoms with van der Waals surface area (Å²) in [5, 5.41) is -3.27. The van der Waals surface area contributed by atoms with Gasteiger partial charge in [-0.15, -0.1) is 4.48 Å². The van der Waals surface area contributed by atoms with Gasteiger partial charge in [0.25, 0.3) is 0 Å². The summed E-state index contributed by atoms with van der Waals surface area (Å²) in [6, 6.07) is -12.4. The van der Waals surface area contributed by atoms with Crippen LogP contribution in [0.25, 0.3) is 0 Å². The van der Waals surface area contributed by atoms with Gasteiger partial charge in [0.05, 0.1) is 0 Å². The average molecular weight is 413 g/mol. The van der Waals surface area contributed by atoms with E-state index in [1.165, 1.54) is 0 Å². The van der Waals surface area contributed by atoms with Gasteiger partial charge in [0.15, 0.2) is 20.0 Å². The molecule has 0 saturated heterocycles. The van der Waals surface area contributed by atoms with Crippen LogP contribution in [0.2, 0.25) is 0 Å². The molecule has 0 aromatic carbocycles. The Morgan fingerprint density at radius 3 is 1.28 bits per heavy atom. The Labute approximate surface area is 130 Å². The van der Waals surface area contributed by atoms with Crippen LogP contribution in [0.15, 0.2) is 0 Å². The zero-order chi connectivity index (χ0) is 20.9. The summed E-state index contributed by atoms with van der Waals surface area (Å²) in [7, 11) is -0.139. The molecule has 0 amide bonds. The lowest BCUT2D eigenvalue weighted by molar-refractivity contribution is -0.467. The van der Waals surface area contributed by atoms with Gasteiger partial charge in [-0.05, 0) is 5.12 Å². The Kier molecular flexibility index (Phi) is 8.95. The molecule has 0 aliphatic carbocycles. The number of hydrogen-bond acceptors (Lipinski definition) is 2. The predicted octanol–water partition coefficient (Wildman–Crippen LogP) is 4.76. The lowest BCUT2D eigenvalue weighted by atomic mass is 10.2. The first-order valence-corrected chi connectivity index (χ1v) is 5.48. The lowest BCUT2D eigenvalue weighted by Gasteiger charge is -2.35. The highest BCUT2D eigenvalue weighted by Gasteiger charge is 2.78. The second-order valence-corrected chi connectivity index (χ2v) is 4.04. The van der Waals surface area contributed by atoms with Crippen LogP contribution in [-0.2, 0) is 4.74 Å². The van der Waals surface area contributed by atoms with E-state index >= 15 is 0 Å². The van der Waals surface area contributed by atoms with Gasteiger partial charge in [-0.2, -0.15) is 35.1 Å². The number of rotatable bonds is 8. The molecule has 0 heterocycles. The van der Waals surface area contributed by atoms with Gasteiger partial charge in [0.2, 0.25) is 0 Å². The van der Waals surface area contributed by atoms with Crippen molar-refractivity contribution in [3.8, 4) is 0 Å². The molecule has 0 spiro atoms. The fourth-order valence-electron chi connectivity index (χ4n) is 0.720. The molecule has 0 N–H and O–H groups in total. The van der Waals surface area contributed by atoms with Gasteiger partial charge < -0.3 is 4.74 Å². The highest BCUT2D eigenvalue weighted by atomic mass is 19.4. The molecule has 0 atom stereocenters. The fraction of sp³-hybridized carbons (Fsp3) is 1.00. The molecule has 0 unspecified atom stereocenters. The first-order valence-electron chi connectivity index (χ1n) is 5.48. The van der Waals surface area contributed by atoms with Crippen molar-refractivity contribution < 1.29 is 66.3 Å². The van der Waals surface area contributed by atoms with Gasteiger partial charge >= 0.3 is 30.0 Å². The van der Waals surface area contributed by atoms with E-state index in [1.807, 2.05) is 0 Å². The van der Waals surface area contributed by atoms with Crippen LogP contribution in [-0.4, -0.2) is 62.3 Å². The molecule has 0 aliphatic heterocycles. The summed E-state index contributed by atoms with van der Waals surface area (Å²) >= 11 is 0. The number of alkyl halides is 13. The van der Waals surface area contributed by atoms with Gasteiger partial charge in [-0.3, -0.25) is 0 Å². The number of methoxy groups -OCH3 is 1. The molecule has 16 heteroatoms. The second-order valence-electron chi connectivity index (χ2n) is 4.04. The van der Waals surface area contributed by atoms with Crippen LogP contribution < -0.4 is 0 Å². The van der Waals surface area contributed by atoms with Gasteiger partial charge in [0.1, 0.15) is 0 Å². The summed E-state index contributed by atoms with van der Waals surface area (Å²) in [5.41, 5.74) is 0. The highest BCUT2D eigenvalue weighted by Crippen LogP contribution is 2.50. The largest absolute Gasteiger partial charge is 0.427 e. The van der Waals surface area contributed by atoms with E-state index in [0.717, 1.165) is 0 Å². The van der Waals surface area contributed by atoms with Crippen LogP contribution in [0.5, 0.6) is 0 Å². The third-order valence-corrected chi connectivity index (χ3v) is 2.09. The summed E-state index contributed by atoms with van der Waals surface area (Å²) in [6.07, 6.45) is -5.95. The second kappa shape index (κ2) is 8.55. The van der Waals surface area contributed by atoms with E-state index in [4.69, 9.17) is 0 Å². The van der Waals surface area contributed by atoms with E-state index in [2.05, 4.69) is 4.74 Å². The van der Waals surface area contributed by atoms with Crippen molar-refractivity contribution in [1.29, 1.82) is 0 Å². The molecular formula is C9H9F14NO. The first kappa shape index (κ1) is 26.2. The van der Waals surface area contributed by atoms with Crippen LogP contribution in [0, 0.1) is 0 Å². The number of ether oxygens (including phenoxy) is 1. The zero-order valence-corrected chi connectivity index (χ0v) is 11.8. The van der Waals surface area contributed by atoms with E-state index in [9.17, 15) is 61.6 Å². The summed E-state index contributed by atoms with van der Waals surface area (Å²) < 4.78 is 169. The normalized spacial score (nSPS) is 14.4. The van der Waals surface area contributed by atoms with E-state index in [-0.39, 0.29) is 7.11 Å². The monoisotopic (exact) mass is 413 g/mol. The molecule has 2 nitrogen and oxygen atoms in total. The number of hydrogen-bond donors (Lipinski definition) is 0. The topological polar surface area (TPSA) is 12.5 Å². The summed E-state index contributed by atoms with van der Waals surface area (Å²) in [4.78, 5) is 0. The SMILES string of the molecule is COC(F)(F)C(F)(F)C(F)(F)N(F)C(F)(F)CF.FCC(F)(F)CF.